The fraction of sp³-hybridized carbons (Fsp3) is 0.250. The summed E-state index contributed by atoms with van der Waals surface area (Å²) in [7, 11) is 1.63. The van der Waals surface area contributed by atoms with Crippen LogP contribution in [0.5, 0.6) is 5.75 Å². The smallest absolute Gasteiger partial charge is 0.224 e. The number of H-pyrrole nitrogens is 1. The third kappa shape index (κ3) is 3.97. The van der Waals surface area contributed by atoms with Gasteiger partial charge in [-0.2, -0.15) is 0 Å². The summed E-state index contributed by atoms with van der Waals surface area (Å²) in [5, 5.41) is 5.18. The van der Waals surface area contributed by atoms with Gasteiger partial charge in [-0.3, -0.25) is 4.79 Å². The van der Waals surface area contributed by atoms with Crippen LogP contribution in [0.4, 0.5) is 0 Å². The molecule has 1 atom stereocenters. The highest BCUT2D eigenvalue weighted by Gasteiger charge is 2.15. The van der Waals surface area contributed by atoms with Crippen molar-refractivity contribution in [2.24, 2.45) is 0 Å². The third-order valence-corrected chi connectivity index (χ3v) is 5.08. The van der Waals surface area contributed by atoms with E-state index in [4.69, 9.17) is 27.9 Å². The van der Waals surface area contributed by atoms with Gasteiger partial charge in [0.1, 0.15) is 5.75 Å². The van der Waals surface area contributed by atoms with Crippen LogP contribution in [0.3, 0.4) is 0 Å². The zero-order valence-corrected chi connectivity index (χ0v) is 16.1. The van der Waals surface area contributed by atoms with Gasteiger partial charge in [-0.15, -0.1) is 0 Å². The van der Waals surface area contributed by atoms with E-state index in [0.29, 0.717) is 16.6 Å². The molecule has 1 aromatic heterocycles. The van der Waals surface area contributed by atoms with Gasteiger partial charge < -0.3 is 15.0 Å². The maximum Gasteiger partial charge on any atom is 0.224 e. The first-order valence-electron chi connectivity index (χ1n) is 8.34. The average Bonchev–Trinajstić information content (AvgIpc) is 3.01. The number of rotatable bonds is 6. The van der Waals surface area contributed by atoms with Gasteiger partial charge in [-0.05, 0) is 41.5 Å². The summed E-state index contributed by atoms with van der Waals surface area (Å²) >= 11 is 12.5. The maximum absolute atomic E-state index is 12.4. The first-order valence-corrected chi connectivity index (χ1v) is 9.09. The third-order valence-electron chi connectivity index (χ3n) is 4.42. The minimum absolute atomic E-state index is 0.0169. The molecule has 0 spiro atoms. The standard InChI is InChI=1S/C20H20Cl2N2O2/c1-12(20-16(21)4-3-5-17(20)22)10-24-19(25)8-13-11-23-18-7-6-14(26-2)9-15(13)18/h3-7,9,11-12,23H,8,10H2,1-2H3,(H,24,25). The molecule has 0 bridgehead atoms. The molecule has 4 nitrogen and oxygen atoms in total. The minimum atomic E-state index is -0.0521. The van der Waals surface area contributed by atoms with Gasteiger partial charge in [0, 0.05) is 39.6 Å². The van der Waals surface area contributed by atoms with Crippen LogP contribution in [0.25, 0.3) is 10.9 Å². The molecule has 0 radical (unpaired) electrons. The number of carbonyl (C=O) groups is 1. The van der Waals surface area contributed by atoms with Gasteiger partial charge in [0.2, 0.25) is 5.91 Å². The van der Waals surface area contributed by atoms with Gasteiger partial charge in [-0.1, -0.05) is 36.2 Å². The van der Waals surface area contributed by atoms with E-state index in [0.717, 1.165) is 27.8 Å². The number of ether oxygens (including phenoxy) is 1. The van der Waals surface area contributed by atoms with Crippen molar-refractivity contribution in [2.75, 3.05) is 13.7 Å². The van der Waals surface area contributed by atoms with E-state index in [1.165, 1.54) is 0 Å². The molecule has 6 heteroatoms. The number of hydrogen-bond acceptors (Lipinski definition) is 2. The Morgan fingerprint density at radius 2 is 1.96 bits per heavy atom. The van der Waals surface area contributed by atoms with Crippen LogP contribution < -0.4 is 10.1 Å². The van der Waals surface area contributed by atoms with Gasteiger partial charge in [-0.25, -0.2) is 0 Å². The predicted molar refractivity (Wildman–Crippen MR) is 106 cm³/mol. The molecule has 0 aliphatic heterocycles. The molecule has 136 valence electrons. The predicted octanol–water partition coefficient (Wildman–Crippen LogP) is 4.95. The quantitative estimate of drug-likeness (QED) is 0.625. The van der Waals surface area contributed by atoms with Crippen LogP contribution in [-0.2, 0) is 11.2 Å². The van der Waals surface area contributed by atoms with Gasteiger partial charge in [0.05, 0.1) is 13.5 Å². The molecule has 1 unspecified atom stereocenters. The number of methoxy groups -OCH3 is 1. The van der Waals surface area contributed by atoms with Gasteiger partial charge >= 0.3 is 0 Å². The number of halogens is 2. The van der Waals surface area contributed by atoms with Crippen molar-refractivity contribution in [1.82, 2.24) is 10.3 Å². The number of nitrogens with one attached hydrogen (secondary N) is 2. The molecule has 0 aliphatic rings. The summed E-state index contributed by atoms with van der Waals surface area (Å²) in [5.74, 6) is 0.729. The fourth-order valence-electron chi connectivity index (χ4n) is 3.02. The summed E-state index contributed by atoms with van der Waals surface area (Å²) in [5.41, 5.74) is 2.76. The topological polar surface area (TPSA) is 54.1 Å². The Balaban J connectivity index is 1.66. The van der Waals surface area contributed by atoms with Crippen molar-refractivity contribution >= 4 is 40.0 Å². The van der Waals surface area contributed by atoms with E-state index in [2.05, 4.69) is 10.3 Å². The van der Waals surface area contributed by atoms with E-state index >= 15 is 0 Å². The summed E-state index contributed by atoms with van der Waals surface area (Å²) in [6.07, 6.45) is 2.15. The molecule has 0 saturated carbocycles. The van der Waals surface area contributed by atoms with Crippen LogP contribution >= 0.6 is 23.2 Å². The van der Waals surface area contributed by atoms with Crippen LogP contribution in [0, 0.1) is 0 Å². The molecule has 3 rings (SSSR count). The number of carbonyl (C=O) groups excluding carboxylic acids is 1. The highest BCUT2D eigenvalue weighted by Crippen LogP contribution is 2.31. The lowest BCUT2D eigenvalue weighted by Gasteiger charge is -2.16. The fourth-order valence-corrected chi connectivity index (χ4v) is 3.79. The lowest BCUT2D eigenvalue weighted by atomic mass is 10.0. The van der Waals surface area contributed by atoms with Gasteiger partial charge in [0.15, 0.2) is 0 Å². The van der Waals surface area contributed by atoms with E-state index in [1.807, 2.05) is 37.4 Å². The van der Waals surface area contributed by atoms with Crippen molar-refractivity contribution in [3.05, 3.63) is 63.8 Å². The second kappa shape index (κ2) is 8.02. The van der Waals surface area contributed by atoms with E-state index in [-0.39, 0.29) is 18.2 Å². The summed E-state index contributed by atoms with van der Waals surface area (Å²) in [6, 6.07) is 11.2. The molecular weight excluding hydrogens is 371 g/mol. The molecule has 0 saturated heterocycles. The Labute approximate surface area is 162 Å². The van der Waals surface area contributed by atoms with Crippen molar-refractivity contribution in [3.8, 4) is 5.75 Å². The molecule has 2 aromatic carbocycles. The zero-order valence-electron chi connectivity index (χ0n) is 14.6. The molecule has 3 aromatic rings. The number of aromatic nitrogens is 1. The monoisotopic (exact) mass is 390 g/mol. The number of benzene rings is 2. The normalized spacial score (nSPS) is 12.2. The number of fused-ring (bicyclic) bond motifs is 1. The van der Waals surface area contributed by atoms with Crippen LogP contribution in [0.1, 0.15) is 24.0 Å². The molecule has 26 heavy (non-hydrogen) atoms. The molecule has 2 N–H and O–H groups in total. The van der Waals surface area contributed by atoms with Crippen molar-refractivity contribution < 1.29 is 9.53 Å². The van der Waals surface area contributed by atoms with Crippen molar-refractivity contribution in [3.63, 3.8) is 0 Å². The van der Waals surface area contributed by atoms with Crippen molar-refractivity contribution in [1.29, 1.82) is 0 Å². The number of hydrogen-bond donors (Lipinski definition) is 2. The van der Waals surface area contributed by atoms with E-state index in [9.17, 15) is 4.79 Å². The van der Waals surface area contributed by atoms with Crippen LogP contribution in [-0.4, -0.2) is 24.5 Å². The lowest BCUT2D eigenvalue weighted by Crippen LogP contribution is -2.29. The molecule has 1 amide bonds. The molecular formula is C20H20Cl2N2O2. The SMILES string of the molecule is COc1ccc2[nH]cc(CC(=O)NCC(C)c3c(Cl)cccc3Cl)c2c1. The Bertz CT molecular complexity index is 916. The second-order valence-corrected chi connectivity index (χ2v) is 7.06. The minimum Gasteiger partial charge on any atom is -0.497 e. The number of amides is 1. The largest absolute Gasteiger partial charge is 0.497 e. The highest BCUT2D eigenvalue weighted by molar-refractivity contribution is 6.36. The Morgan fingerprint density at radius 3 is 2.65 bits per heavy atom. The van der Waals surface area contributed by atoms with E-state index < -0.39 is 0 Å². The maximum atomic E-state index is 12.4. The van der Waals surface area contributed by atoms with Crippen molar-refractivity contribution in [2.45, 2.75) is 19.3 Å². The summed E-state index contributed by atoms with van der Waals surface area (Å²) in [6.45, 7) is 2.46. The first kappa shape index (κ1) is 18.6. The number of aromatic amines is 1. The average molecular weight is 391 g/mol. The molecule has 0 fully saturated rings. The van der Waals surface area contributed by atoms with Crippen LogP contribution in [0.15, 0.2) is 42.6 Å². The first-order chi connectivity index (χ1) is 12.5. The van der Waals surface area contributed by atoms with Crippen LogP contribution in [0.2, 0.25) is 10.0 Å². The zero-order chi connectivity index (χ0) is 18.7. The lowest BCUT2D eigenvalue weighted by molar-refractivity contribution is -0.120. The molecule has 0 aliphatic carbocycles. The Hall–Kier alpha value is -2.17. The summed E-state index contributed by atoms with van der Waals surface area (Å²) in [4.78, 5) is 15.6. The Kier molecular flexibility index (Phi) is 5.74. The Morgan fingerprint density at radius 1 is 1.23 bits per heavy atom. The van der Waals surface area contributed by atoms with Gasteiger partial charge in [0.25, 0.3) is 0 Å². The highest BCUT2D eigenvalue weighted by atomic mass is 35.5. The summed E-state index contributed by atoms with van der Waals surface area (Å²) < 4.78 is 5.26. The van der Waals surface area contributed by atoms with E-state index in [1.54, 1.807) is 19.2 Å². The second-order valence-electron chi connectivity index (χ2n) is 6.24. The molecule has 1 heterocycles.